The molecule has 6 nitrogen and oxygen atoms in total. The Morgan fingerprint density at radius 1 is 1.30 bits per heavy atom. The topological polar surface area (TPSA) is 83.8 Å². The van der Waals surface area contributed by atoms with Gasteiger partial charge < -0.3 is 5.32 Å². The van der Waals surface area contributed by atoms with Crippen LogP contribution in [-0.2, 0) is 11.2 Å². The van der Waals surface area contributed by atoms with Crippen LogP contribution in [0.3, 0.4) is 0 Å². The highest BCUT2D eigenvalue weighted by Crippen LogP contribution is 2.33. The van der Waals surface area contributed by atoms with E-state index in [0.29, 0.717) is 18.7 Å². The lowest BCUT2D eigenvalue weighted by atomic mass is 9.84. The summed E-state index contributed by atoms with van der Waals surface area (Å²) >= 11 is 0. The van der Waals surface area contributed by atoms with Gasteiger partial charge in [0.1, 0.15) is 5.69 Å². The number of nitrogens with one attached hydrogen (secondary N) is 1. The summed E-state index contributed by atoms with van der Waals surface area (Å²) in [5.41, 5.74) is 3.41. The molecule has 1 unspecified atom stereocenters. The zero-order valence-corrected chi connectivity index (χ0v) is 13.2. The highest BCUT2D eigenvalue weighted by Gasteiger charge is 2.28. The molecule has 0 radical (unpaired) electrons. The number of aromatic nitrogens is 1. The minimum atomic E-state index is -0.167. The first-order valence-electron chi connectivity index (χ1n) is 8.09. The molecule has 1 aromatic heterocycles. The van der Waals surface area contributed by atoms with Crippen LogP contribution in [0.25, 0.3) is 0 Å². The largest absolute Gasteiger partial charge is 0.351 e. The number of carbonyl (C=O) groups excluding carboxylic acids is 2. The molecule has 2 aliphatic rings. The Labute approximate surface area is 135 Å². The molecule has 1 N–H and O–H groups in total. The van der Waals surface area contributed by atoms with Crippen LogP contribution < -0.4 is 5.32 Å². The lowest BCUT2D eigenvalue weighted by Crippen LogP contribution is -2.24. The molecule has 0 aromatic carbocycles. The number of amides is 2. The second-order valence-electron chi connectivity index (χ2n) is 5.86. The monoisotopic (exact) mass is 312 g/mol. The summed E-state index contributed by atoms with van der Waals surface area (Å²) in [6.45, 7) is 2.45. The number of nitrogens with zero attached hydrogens (tertiary/aromatic N) is 3. The zero-order chi connectivity index (χ0) is 16.2. The second kappa shape index (κ2) is 6.81. The van der Waals surface area contributed by atoms with Crippen molar-refractivity contribution in [3.05, 3.63) is 40.7 Å². The van der Waals surface area contributed by atoms with E-state index >= 15 is 0 Å². The molecular formula is C17H20N4O2. The minimum Gasteiger partial charge on any atom is -0.351 e. The van der Waals surface area contributed by atoms with Crippen LogP contribution in [0, 0.1) is 0 Å². The Bertz CT molecular complexity index is 676. The Balaban J connectivity index is 1.74. The maximum atomic E-state index is 11.8. The lowest BCUT2D eigenvalue weighted by molar-refractivity contribution is -0.115. The predicted molar refractivity (Wildman–Crippen MR) is 85.1 cm³/mol. The van der Waals surface area contributed by atoms with Crippen molar-refractivity contribution in [2.75, 3.05) is 6.54 Å². The molecule has 0 spiro atoms. The maximum Gasteiger partial charge on any atom is 0.291 e. The smallest absolute Gasteiger partial charge is 0.291 e. The fraction of sp³-hybridized carbons (Fsp3) is 0.471. The predicted octanol–water partition coefficient (Wildman–Crippen LogP) is 2.61. The average molecular weight is 312 g/mol. The Morgan fingerprint density at radius 2 is 2.13 bits per heavy atom. The fourth-order valence-corrected chi connectivity index (χ4v) is 3.11. The van der Waals surface area contributed by atoms with E-state index in [9.17, 15) is 9.59 Å². The number of carbonyl (C=O) groups is 2. The molecule has 23 heavy (non-hydrogen) atoms. The third-order valence-corrected chi connectivity index (χ3v) is 4.28. The van der Waals surface area contributed by atoms with E-state index in [1.54, 1.807) is 12.3 Å². The molecule has 0 bridgehead atoms. The molecule has 1 aliphatic heterocycles. The normalized spacial score (nSPS) is 20.4. The van der Waals surface area contributed by atoms with E-state index < -0.39 is 0 Å². The van der Waals surface area contributed by atoms with Crippen molar-refractivity contribution in [3.63, 3.8) is 0 Å². The highest BCUT2D eigenvalue weighted by molar-refractivity contribution is 5.95. The minimum absolute atomic E-state index is 0.0693. The molecule has 1 aromatic rings. The third kappa shape index (κ3) is 3.36. The Morgan fingerprint density at radius 3 is 2.87 bits per heavy atom. The van der Waals surface area contributed by atoms with Gasteiger partial charge in [-0.3, -0.25) is 14.6 Å². The van der Waals surface area contributed by atoms with Crippen molar-refractivity contribution in [2.45, 2.75) is 45.1 Å². The maximum absolute atomic E-state index is 11.8. The molecular weight excluding hydrogens is 292 g/mol. The SMILES string of the molecule is CCNC(=O)c1ccc(CC2N=NC(=O)C3=C2CCCC3)cn1. The zero-order valence-electron chi connectivity index (χ0n) is 13.2. The van der Waals surface area contributed by atoms with Gasteiger partial charge in [-0.1, -0.05) is 6.07 Å². The van der Waals surface area contributed by atoms with Crippen molar-refractivity contribution in [3.8, 4) is 0 Å². The van der Waals surface area contributed by atoms with Crippen LogP contribution in [0.1, 0.15) is 48.7 Å². The van der Waals surface area contributed by atoms with Gasteiger partial charge in [0.15, 0.2) is 0 Å². The number of hydrogen-bond donors (Lipinski definition) is 1. The van der Waals surface area contributed by atoms with E-state index in [1.165, 1.54) is 0 Å². The van der Waals surface area contributed by atoms with Gasteiger partial charge >= 0.3 is 0 Å². The van der Waals surface area contributed by atoms with Gasteiger partial charge in [-0.25, -0.2) is 0 Å². The molecule has 3 rings (SSSR count). The van der Waals surface area contributed by atoms with Crippen LogP contribution in [0.5, 0.6) is 0 Å². The second-order valence-corrected chi connectivity index (χ2v) is 5.86. The molecule has 1 atom stereocenters. The van der Waals surface area contributed by atoms with Crippen molar-refractivity contribution >= 4 is 11.8 Å². The van der Waals surface area contributed by atoms with Crippen LogP contribution in [0.2, 0.25) is 0 Å². The number of pyridine rings is 1. The number of azo groups is 1. The summed E-state index contributed by atoms with van der Waals surface area (Å²) in [5.74, 6) is -0.333. The van der Waals surface area contributed by atoms with E-state index in [4.69, 9.17) is 0 Å². The first kappa shape index (κ1) is 15.5. The average Bonchev–Trinajstić information content (AvgIpc) is 2.58. The van der Waals surface area contributed by atoms with Gasteiger partial charge in [-0.2, -0.15) is 5.11 Å². The molecule has 1 aliphatic carbocycles. The molecule has 120 valence electrons. The standard InChI is InChI=1S/C17H20N4O2/c1-2-18-17(23)14-8-7-11(10-19-14)9-15-12-5-3-4-6-13(12)16(22)21-20-15/h7-8,10,15H,2-6,9H2,1H3,(H,18,23). The molecule has 6 heteroatoms. The molecule has 2 heterocycles. The lowest BCUT2D eigenvalue weighted by Gasteiger charge is -2.25. The van der Waals surface area contributed by atoms with Gasteiger partial charge in [0, 0.05) is 24.7 Å². The van der Waals surface area contributed by atoms with Crippen molar-refractivity contribution in [2.24, 2.45) is 10.2 Å². The van der Waals surface area contributed by atoms with E-state index in [-0.39, 0.29) is 17.9 Å². The first-order valence-corrected chi connectivity index (χ1v) is 8.09. The van der Waals surface area contributed by atoms with Crippen LogP contribution in [0.4, 0.5) is 0 Å². The quantitative estimate of drug-likeness (QED) is 0.927. The van der Waals surface area contributed by atoms with Crippen LogP contribution in [-0.4, -0.2) is 29.4 Å². The third-order valence-electron chi connectivity index (χ3n) is 4.28. The van der Waals surface area contributed by atoms with Crippen molar-refractivity contribution in [1.82, 2.24) is 10.3 Å². The van der Waals surface area contributed by atoms with Gasteiger partial charge in [-0.15, -0.1) is 5.11 Å². The summed E-state index contributed by atoms with van der Waals surface area (Å²) in [7, 11) is 0. The Kier molecular flexibility index (Phi) is 4.60. The Hall–Kier alpha value is -2.37. The van der Waals surface area contributed by atoms with E-state index in [0.717, 1.165) is 42.4 Å². The van der Waals surface area contributed by atoms with Gasteiger partial charge in [0.05, 0.1) is 6.04 Å². The molecule has 0 saturated carbocycles. The van der Waals surface area contributed by atoms with Gasteiger partial charge in [0.25, 0.3) is 11.8 Å². The summed E-state index contributed by atoms with van der Waals surface area (Å²) in [4.78, 5) is 27.8. The summed E-state index contributed by atoms with van der Waals surface area (Å²) in [5, 5.41) is 10.7. The number of hydrogen-bond acceptors (Lipinski definition) is 4. The van der Waals surface area contributed by atoms with Crippen LogP contribution >= 0.6 is 0 Å². The summed E-state index contributed by atoms with van der Waals surface area (Å²) in [6, 6.07) is 3.55. The first-order chi connectivity index (χ1) is 11.2. The van der Waals surface area contributed by atoms with Crippen molar-refractivity contribution in [1.29, 1.82) is 0 Å². The van der Waals surface area contributed by atoms with E-state index in [2.05, 4.69) is 20.5 Å². The summed E-state index contributed by atoms with van der Waals surface area (Å²) in [6.07, 6.45) is 6.27. The van der Waals surface area contributed by atoms with Crippen molar-refractivity contribution < 1.29 is 9.59 Å². The highest BCUT2D eigenvalue weighted by atomic mass is 16.2. The molecule has 0 saturated heterocycles. The molecule has 0 fully saturated rings. The molecule has 2 amide bonds. The van der Waals surface area contributed by atoms with Gasteiger partial charge in [0.2, 0.25) is 0 Å². The number of rotatable bonds is 4. The van der Waals surface area contributed by atoms with E-state index in [1.807, 2.05) is 13.0 Å². The van der Waals surface area contributed by atoms with Crippen LogP contribution in [0.15, 0.2) is 39.7 Å². The fourth-order valence-electron chi connectivity index (χ4n) is 3.11. The summed E-state index contributed by atoms with van der Waals surface area (Å²) < 4.78 is 0. The van der Waals surface area contributed by atoms with Gasteiger partial charge in [-0.05, 0) is 49.8 Å².